The van der Waals surface area contributed by atoms with Gasteiger partial charge in [0.2, 0.25) is 5.91 Å². The minimum atomic E-state index is -0.454. The van der Waals surface area contributed by atoms with E-state index in [9.17, 15) is 4.79 Å². The Morgan fingerprint density at radius 2 is 1.72 bits per heavy atom. The highest BCUT2D eigenvalue weighted by Gasteiger charge is 2.20. The van der Waals surface area contributed by atoms with Crippen molar-refractivity contribution in [1.82, 2.24) is 14.8 Å². The molecule has 1 heterocycles. The van der Waals surface area contributed by atoms with Crippen molar-refractivity contribution in [2.45, 2.75) is 30.9 Å². The van der Waals surface area contributed by atoms with Crippen molar-refractivity contribution < 1.29 is 14.3 Å². The summed E-state index contributed by atoms with van der Waals surface area (Å²) in [6.45, 7) is 4.45. The van der Waals surface area contributed by atoms with Crippen LogP contribution in [0, 0.1) is 0 Å². The van der Waals surface area contributed by atoms with Crippen molar-refractivity contribution in [2.75, 3.05) is 6.61 Å². The number of aromatic nitrogens is 3. The number of primary amides is 1. The van der Waals surface area contributed by atoms with Gasteiger partial charge in [0, 0.05) is 10.7 Å². The van der Waals surface area contributed by atoms with Crippen molar-refractivity contribution in [1.29, 1.82) is 0 Å². The van der Waals surface area contributed by atoms with E-state index >= 15 is 0 Å². The van der Waals surface area contributed by atoms with Gasteiger partial charge in [-0.1, -0.05) is 23.4 Å². The molecule has 1 aromatic heterocycles. The van der Waals surface area contributed by atoms with Crippen LogP contribution in [0.2, 0.25) is 5.02 Å². The molecule has 0 saturated heterocycles. The SMILES string of the molecule is CCOc1ccc(OCc2nnc(S[C@H](C)C(N)=O)n2-c2ccc(Cl)cc2)cc1. The minimum absolute atomic E-state index is 0.190. The lowest BCUT2D eigenvalue weighted by Gasteiger charge is -2.13. The minimum Gasteiger partial charge on any atom is -0.494 e. The normalized spacial score (nSPS) is 11.8. The van der Waals surface area contributed by atoms with Gasteiger partial charge in [-0.25, -0.2) is 0 Å². The number of carbonyl (C=O) groups is 1. The van der Waals surface area contributed by atoms with Crippen LogP contribution >= 0.6 is 23.4 Å². The van der Waals surface area contributed by atoms with Crippen LogP contribution in [-0.4, -0.2) is 32.5 Å². The van der Waals surface area contributed by atoms with Gasteiger partial charge in [0.05, 0.1) is 11.9 Å². The van der Waals surface area contributed by atoms with Crippen molar-refractivity contribution in [3.63, 3.8) is 0 Å². The van der Waals surface area contributed by atoms with Crippen LogP contribution in [0.5, 0.6) is 11.5 Å². The van der Waals surface area contributed by atoms with Gasteiger partial charge in [-0.2, -0.15) is 0 Å². The molecular formula is C20H21ClN4O3S. The van der Waals surface area contributed by atoms with Crippen LogP contribution in [0.4, 0.5) is 0 Å². The predicted octanol–water partition coefficient (Wildman–Crippen LogP) is 3.86. The topological polar surface area (TPSA) is 92.3 Å². The molecule has 3 rings (SSSR count). The zero-order chi connectivity index (χ0) is 20.8. The number of nitrogens with zero attached hydrogens (tertiary/aromatic N) is 3. The average molecular weight is 433 g/mol. The molecule has 2 aromatic carbocycles. The molecule has 7 nitrogen and oxygen atoms in total. The van der Waals surface area contributed by atoms with Crippen LogP contribution < -0.4 is 15.2 Å². The van der Waals surface area contributed by atoms with Gasteiger partial charge in [-0.15, -0.1) is 10.2 Å². The molecule has 0 bridgehead atoms. The lowest BCUT2D eigenvalue weighted by atomic mass is 10.3. The summed E-state index contributed by atoms with van der Waals surface area (Å²) in [7, 11) is 0. The fraction of sp³-hybridized carbons (Fsp3) is 0.250. The fourth-order valence-corrected chi connectivity index (χ4v) is 3.45. The highest BCUT2D eigenvalue weighted by atomic mass is 35.5. The first-order valence-electron chi connectivity index (χ1n) is 8.99. The molecule has 9 heteroatoms. The van der Waals surface area contributed by atoms with Gasteiger partial charge in [0.25, 0.3) is 0 Å². The number of carbonyl (C=O) groups excluding carboxylic acids is 1. The van der Waals surface area contributed by atoms with Crippen LogP contribution in [0.1, 0.15) is 19.7 Å². The van der Waals surface area contributed by atoms with E-state index in [0.717, 1.165) is 11.4 Å². The highest BCUT2D eigenvalue weighted by molar-refractivity contribution is 8.00. The van der Waals surface area contributed by atoms with E-state index in [4.69, 9.17) is 26.8 Å². The Labute approximate surface area is 178 Å². The molecule has 0 aliphatic rings. The van der Waals surface area contributed by atoms with E-state index in [2.05, 4.69) is 10.2 Å². The lowest BCUT2D eigenvalue weighted by molar-refractivity contribution is -0.117. The summed E-state index contributed by atoms with van der Waals surface area (Å²) < 4.78 is 13.1. The van der Waals surface area contributed by atoms with Crippen LogP contribution in [0.25, 0.3) is 5.69 Å². The summed E-state index contributed by atoms with van der Waals surface area (Å²) >= 11 is 7.25. The second kappa shape index (κ2) is 9.67. The first-order chi connectivity index (χ1) is 14.0. The van der Waals surface area contributed by atoms with Crippen LogP contribution in [0.15, 0.2) is 53.7 Å². The van der Waals surface area contributed by atoms with E-state index in [0.29, 0.717) is 28.4 Å². The number of ether oxygens (including phenoxy) is 2. The summed E-state index contributed by atoms with van der Waals surface area (Å²) in [5.74, 6) is 1.62. The van der Waals surface area contributed by atoms with Crippen molar-refractivity contribution in [3.8, 4) is 17.2 Å². The molecule has 0 saturated carbocycles. The number of benzene rings is 2. The largest absolute Gasteiger partial charge is 0.494 e. The van der Waals surface area contributed by atoms with E-state index in [1.54, 1.807) is 19.1 Å². The molecule has 0 aliphatic carbocycles. The number of hydrogen-bond donors (Lipinski definition) is 1. The van der Waals surface area contributed by atoms with Gasteiger partial charge in [-0.3, -0.25) is 9.36 Å². The molecule has 0 fully saturated rings. The number of thioether (sulfide) groups is 1. The van der Waals surface area contributed by atoms with Gasteiger partial charge in [-0.05, 0) is 62.4 Å². The lowest BCUT2D eigenvalue weighted by Crippen LogP contribution is -2.23. The second-order valence-electron chi connectivity index (χ2n) is 6.07. The number of hydrogen-bond acceptors (Lipinski definition) is 6. The summed E-state index contributed by atoms with van der Waals surface area (Å²) in [6.07, 6.45) is 0. The van der Waals surface area contributed by atoms with E-state index in [1.165, 1.54) is 11.8 Å². The maximum Gasteiger partial charge on any atom is 0.230 e. The Morgan fingerprint density at radius 1 is 1.10 bits per heavy atom. The van der Waals surface area contributed by atoms with E-state index in [-0.39, 0.29) is 6.61 Å². The molecule has 29 heavy (non-hydrogen) atoms. The molecule has 0 unspecified atom stereocenters. The first-order valence-corrected chi connectivity index (χ1v) is 10.3. The maximum atomic E-state index is 11.5. The predicted molar refractivity (Wildman–Crippen MR) is 113 cm³/mol. The van der Waals surface area contributed by atoms with E-state index < -0.39 is 11.2 Å². The summed E-state index contributed by atoms with van der Waals surface area (Å²) in [5, 5.41) is 9.18. The first kappa shape index (κ1) is 21.0. The Kier molecular flexibility index (Phi) is 7.00. The summed E-state index contributed by atoms with van der Waals surface area (Å²) in [6, 6.07) is 14.6. The monoisotopic (exact) mass is 432 g/mol. The Hall–Kier alpha value is -2.71. The Bertz CT molecular complexity index is 961. The molecule has 0 aliphatic heterocycles. The summed E-state index contributed by atoms with van der Waals surface area (Å²) in [4.78, 5) is 11.5. The van der Waals surface area contributed by atoms with Crippen molar-refractivity contribution >= 4 is 29.3 Å². The molecular weight excluding hydrogens is 412 g/mol. The average Bonchev–Trinajstić information content (AvgIpc) is 3.10. The van der Waals surface area contributed by atoms with Gasteiger partial charge in [0.1, 0.15) is 18.1 Å². The zero-order valence-corrected chi connectivity index (χ0v) is 17.6. The highest BCUT2D eigenvalue weighted by Crippen LogP contribution is 2.27. The number of nitrogens with two attached hydrogens (primary N) is 1. The van der Waals surface area contributed by atoms with Crippen LogP contribution in [-0.2, 0) is 11.4 Å². The Morgan fingerprint density at radius 3 is 2.31 bits per heavy atom. The van der Waals surface area contributed by atoms with E-state index in [1.807, 2.05) is 47.9 Å². The van der Waals surface area contributed by atoms with Crippen molar-refractivity contribution in [3.05, 3.63) is 59.4 Å². The molecule has 0 spiro atoms. The molecule has 1 amide bonds. The third kappa shape index (κ3) is 5.42. The molecule has 1 atom stereocenters. The molecule has 152 valence electrons. The van der Waals surface area contributed by atoms with Gasteiger partial charge in [0.15, 0.2) is 11.0 Å². The smallest absolute Gasteiger partial charge is 0.230 e. The number of halogens is 1. The number of rotatable bonds is 9. The quantitative estimate of drug-likeness (QED) is 0.516. The molecule has 0 radical (unpaired) electrons. The Balaban J connectivity index is 1.84. The molecule has 3 aromatic rings. The second-order valence-corrected chi connectivity index (χ2v) is 7.81. The summed E-state index contributed by atoms with van der Waals surface area (Å²) in [5.41, 5.74) is 6.21. The van der Waals surface area contributed by atoms with Crippen molar-refractivity contribution in [2.24, 2.45) is 5.73 Å². The van der Waals surface area contributed by atoms with Crippen LogP contribution in [0.3, 0.4) is 0 Å². The number of amides is 1. The fourth-order valence-electron chi connectivity index (χ4n) is 2.48. The third-order valence-corrected chi connectivity index (χ3v) is 5.28. The van der Waals surface area contributed by atoms with Gasteiger partial charge < -0.3 is 15.2 Å². The standard InChI is InChI=1S/C20H21ClN4O3S/c1-3-27-16-8-10-17(11-9-16)28-12-18-23-24-20(29-13(2)19(22)26)25(18)15-6-4-14(21)5-7-15/h4-11,13H,3,12H2,1-2H3,(H2,22,26)/t13-/m1/s1. The molecule has 2 N–H and O–H groups in total. The third-order valence-electron chi connectivity index (χ3n) is 3.97. The maximum absolute atomic E-state index is 11.5. The van der Waals surface area contributed by atoms with Gasteiger partial charge >= 0.3 is 0 Å². The zero-order valence-electron chi connectivity index (χ0n) is 16.0.